The molecule has 2 rings (SSSR count). The van der Waals surface area contributed by atoms with Gasteiger partial charge in [0, 0.05) is 5.69 Å². The second-order valence-corrected chi connectivity index (χ2v) is 5.11. The van der Waals surface area contributed by atoms with E-state index in [0.717, 1.165) is 0 Å². The number of anilines is 2. The maximum atomic E-state index is 12.9. The molecule has 1 aromatic heterocycles. The fourth-order valence-electron chi connectivity index (χ4n) is 1.96. The fourth-order valence-corrected chi connectivity index (χ4v) is 2.50. The summed E-state index contributed by atoms with van der Waals surface area (Å²) in [6.07, 6.45) is 2.37. The zero-order valence-corrected chi connectivity index (χ0v) is 12.5. The number of nitrogens with two attached hydrogens (primary N) is 1. The van der Waals surface area contributed by atoms with Crippen LogP contribution in [0.5, 0.6) is 0 Å². The lowest BCUT2D eigenvalue weighted by Crippen LogP contribution is -2.27. The molecule has 8 heteroatoms. The van der Waals surface area contributed by atoms with Crippen LogP contribution in [-0.2, 0) is 4.79 Å². The van der Waals surface area contributed by atoms with Crippen molar-refractivity contribution in [2.24, 2.45) is 0 Å². The van der Waals surface area contributed by atoms with Gasteiger partial charge in [-0.1, -0.05) is 18.7 Å². The van der Waals surface area contributed by atoms with Crippen LogP contribution in [0.2, 0.25) is 0 Å². The molecule has 0 spiro atoms. The first-order chi connectivity index (χ1) is 10.1. The summed E-state index contributed by atoms with van der Waals surface area (Å²) in [6, 6.07) is 5.07. The summed E-state index contributed by atoms with van der Waals surface area (Å²) < 4.78 is 14.5. The second kappa shape index (κ2) is 6.57. The lowest BCUT2D eigenvalue weighted by Gasteiger charge is -2.18. The Bertz CT molecular complexity index is 628. The van der Waals surface area contributed by atoms with Crippen molar-refractivity contribution >= 4 is 29.3 Å². The Morgan fingerprint density at radius 1 is 1.43 bits per heavy atom. The van der Waals surface area contributed by atoms with Gasteiger partial charge in [0.15, 0.2) is 5.16 Å². The van der Waals surface area contributed by atoms with E-state index in [1.165, 1.54) is 36.0 Å². The second-order valence-electron chi connectivity index (χ2n) is 4.34. The SMILES string of the molecule is CC[C@H](C(=O)Nc1ccc(F)cc1)n1c(N)nnc1SC. The molecule has 0 radical (unpaired) electrons. The Balaban J connectivity index is 2.22. The minimum atomic E-state index is -0.521. The summed E-state index contributed by atoms with van der Waals surface area (Å²) in [5.74, 6) is -0.404. The highest BCUT2D eigenvalue weighted by Gasteiger charge is 2.24. The van der Waals surface area contributed by atoms with E-state index in [1.54, 1.807) is 4.57 Å². The molecule has 1 aromatic carbocycles. The van der Waals surface area contributed by atoms with Gasteiger partial charge in [-0.15, -0.1) is 10.2 Å². The van der Waals surface area contributed by atoms with Gasteiger partial charge in [0.25, 0.3) is 0 Å². The number of thioether (sulfide) groups is 1. The number of aromatic nitrogens is 3. The molecule has 1 amide bonds. The maximum Gasteiger partial charge on any atom is 0.247 e. The third-order valence-corrected chi connectivity index (χ3v) is 3.63. The normalized spacial score (nSPS) is 12.1. The first kappa shape index (κ1) is 15.3. The molecule has 0 unspecified atom stereocenters. The number of nitrogens with zero attached hydrogens (tertiary/aromatic N) is 3. The van der Waals surface area contributed by atoms with Crippen molar-refractivity contribution in [2.75, 3.05) is 17.3 Å². The molecule has 0 aliphatic heterocycles. The fraction of sp³-hybridized carbons (Fsp3) is 0.308. The van der Waals surface area contributed by atoms with Gasteiger partial charge in [-0.2, -0.15) is 0 Å². The predicted octanol–water partition coefficient (Wildman–Crippen LogP) is 2.31. The molecule has 0 aliphatic rings. The molecule has 112 valence electrons. The van der Waals surface area contributed by atoms with E-state index in [2.05, 4.69) is 15.5 Å². The molecular weight excluding hydrogens is 293 g/mol. The molecule has 3 N–H and O–H groups in total. The molecule has 1 heterocycles. The van der Waals surface area contributed by atoms with Gasteiger partial charge in [-0.25, -0.2) is 4.39 Å². The number of halogens is 1. The molecule has 0 fully saturated rings. The lowest BCUT2D eigenvalue weighted by atomic mass is 10.2. The molecular formula is C13H16FN5OS. The van der Waals surface area contributed by atoms with Gasteiger partial charge in [-0.3, -0.25) is 9.36 Å². The van der Waals surface area contributed by atoms with Crippen molar-refractivity contribution in [1.82, 2.24) is 14.8 Å². The number of amides is 1. The van der Waals surface area contributed by atoms with E-state index < -0.39 is 6.04 Å². The van der Waals surface area contributed by atoms with Crippen molar-refractivity contribution in [3.05, 3.63) is 30.1 Å². The number of hydrogen-bond acceptors (Lipinski definition) is 5. The molecule has 1 atom stereocenters. The van der Waals surface area contributed by atoms with E-state index in [4.69, 9.17) is 5.73 Å². The van der Waals surface area contributed by atoms with Crippen LogP contribution >= 0.6 is 11.8 Å². The minimum Gasteiger partial charge on any atom is -0.368 e. The maximum absolute atomic E-state index is 12.9. The number of hydrogen-bond donors (Lipinski definition) is 2. The third-order valence-electron chi connectivity index (χ3n) is 2.99. The highest BCUT2D eigenvalue weighted by molar-refractivity contribution is 7.98. The monoisotopic (exact) mass is 309 g/mol. The third kappa shape index (κ3) is 3.33. The molecule has 2 aromatic rings. The van der Waals surface area contributed by atoms with Crippen LogP contribution in [0, 0.1) is 5.82 Å². The Hall–Kier alpha value is -2.09. The van der Waals surface area contributed by atoms with Crippen LogP contribution in [0.1, 0.15) is 19.4 Å². The zero-order valence-electron chi connectivity index (χ0n) is 11.7. The quantitative estimate of drug-likeness (QED) is 0.828. The van der Waals surface area contributed by atoms with Crippen LogP contribution in [-0.4, -0.2) is 26.9 Å². The Kier molecular flexibility index (Phi) is 4.79. The van der Waals surface area contributed by atoms with Gasteiger partial charge in [0.05, 0.1) is 0 Å². The summed E-state index contributed by atoms with van der Waals surface area (Å²) >= 11 is 1.37. The van der Waals surface area contributed by atoms with Crippen LogP contribution in [0.15, 0.2) is 29.4 Å². The van der Waals surface area contributed by atoms with Gasteiger partial charge in [0.2, 0.25) is 11.9 Å². The summed E-state index contributed by atoms with van der Waals surface area (Å²) in [4.78, 5) is 12.4. The van der Waals surface area contributed by atoms with Crippen LogP contribution in [0.3, 0.4) is 0 Å². The minimum absolute atomic E-state index is 0.195. The van der Waals surface area contributed by atoms with Crippen molar-refractivity contribution in [2.45, 2.75) is 24.5 Å². The van der Waals surface area contributed by atoms with E-state index >= 15 is 0 Å². The number of nitrogen functional groups attached to an aromatic ring is 1. The largest absolute Gasteiger partial charge is 0.368 e. The first-order valence-corrected chi connectivity index (χ1v) is 7.60. The number of carbonyl (C=O) groups is 1. The van der Waals surface area contributed by atoms with E-state index in [9.17, 15) is 9.18 Å². The molecule has 0 aliphatic carbocycles. The number of nitrogens with one attached hydrogen (secondary N) is 1. The molecule has 21 heavy (non-hydrogen) atoms. The van der Waals surface area contributed by atoms with Crippen molar-refractivity contribution in [3.63, 3.8) is 0 Å². The molecule has 6 nitrogen and oxygen atoms in total. The summed E-state index contributed by atoms with van der Waals surface area (Å²) in [5.41, 5.74) is 6.32. The predicted molar refractivity (Wildman–Crippen MR) is 80.6 cm³/mol. The molecule has 0 bridgehead atoms. The van der Waals surface area contributed by atoms with Gasteiger partial charge >= 0.3 is 0 Å². The van der Waals surface area contributed by atoms with Crippen molar-refractivity contribution in [1.29, 1.82) is 0 Å². The van der Waals surface area contributed by atoms with E-state index in [0.29, 0.717) is 17.3 Å². The van der Waals surface area contributed by atoms with Gasteiger partial charge < -0.3 is 11.1 Å². The summed E-state index contributed by atoms with van der Waals surface area (Å²) in [6.45, 7) is 1.87. The Labute approximate surface area is 125 Å². The lowest BCUT2D eigenvalue weighted by molar-refractivity contribution is -0.119. The highest BCUT2D eigenvalue weighted by atomic mass is 32.2. The van der Waals surface area contributed by atoms with Crippen LogP contribution in [0.4, 0.5) is 16.0 Å². The highest BCUT2D eigenvalue weighted by Crippen LogP contribution is 2.24. The number of carbonyl (C=O) groups excluding carboxylic acids is 1. The Morgan fingerprint density at radius 2 is 2.10 bits per heavy atom. The van der Waals surface area contributed by atoms with Gasteiger partial charge in [-0.05, 0) is 36.9 Å². The van der Waals surface area contributed by atoms with Crippen molar-refractivity contribution in [3.8, 4) is 0 Å². The van der Waals surface area contributed by atoms with Crippen molar-refractivity contribution < 1.29 is 9.18 Å². The number of rotatable bonds is 5. The summed E-state index contributed by atoms with van der Waals surface area (Å²) in [7, 11) is 0. The van der Waals surface area contributed by atoms with Crippen LogP contribution in [0.25, 0.3) is 0 Å². The van der Waals surface area contributed by atoms with E-state index in [-0.39, 0.29) is 17.7 Å². The zero-order chi connectivity index (χ0) is 15.4. The average Bonchev–Trinajstić information content (AvgIpc) is 2.84. The topological polar surface area (TPSA) is 85.8 Å². The average molecular weight is 309 g/mol. The standard InChI is InChI=1S/C13H16FN5OS/c1-3-10(19-12(15)17-18-13(19)21-2)11(20)16-9-6-4-8(14)5-7-9/h4-7,10H,3H2,1-2H3,(H2,15,17)(H,16,20)/t10-/m1/s1. The number of benzene rings is 1. The van der Waals surface area contributed by atoms with Crippen LogP contribution < -0.4 is 11.1 Å². The first-order valence-electron chi connectivity index (χ1n) is 6.37. The molecule has 0 saturated heterocycles. The molecule has 0 saturated carbocycles. The van der Waals surface area contributed by atoms with Gasteiger partial charge in [0.1, 0.15) is 11.9 Å². The Morgan fingerprint density at radius 3 is 2.67 bits per heavy atom. The summed E-state index contributed by atoms with van der Waals surface area (Å²) in [5, 5.41) is 11.0. The smallest absolute Gasteiger partial charge is 0.247 e. The van der Waals surface area contributed by atoms with E-state index in [1.807, 2.05) is 13.2 Å².